The van der Waals surface area contributed by atoms with Gasteiger partial charge >= 0.3 is 5.97 Å². The molecular formula is C10H11BrClNO4. The molecule has 0 spiro atoms. The van der Waals surface area contributed by atoms with Crippen LogP contribution < -0.4 is 0 Å². The minimum absolute atomic E-state index is 0.0216. The van der Waals surface area contributed by atoms with Gasteiger partial charge in [-0.3, -0.25) is 0 Å². The molecule has 0 aliphatic rings. The fourth-order valence-electron chi connectivity index (χ4n) is 1.34. The predicted molar refractivity (Wildman–Crippen MR) is 65.6 cm³/mol. The van der Waals surface area contributed by atoms with Gasteiger partial charge in [-0.05, 0) is 12.5 Å². The second kappa shape index (κ2) is 6.30. The highest BCUT2D eigenvalue weighted by Crippen LogP contribution is 2.24. The summed E-state index contributed by atoms with van der Waals surface area (Å²) in [5.41, 5.74) is -0.110. The summed E-state index contributed by atoms with van der Waals surface area (Å²) in [6, 6.07) is 1.14. The van der Waals surface area contributed by atoms with Crippen LogP contribution in [-0.4, -0.2) is 37.7 Å². The van der Waals surface area contributed by atoms with Crippen LogP contribution in [0.5, 0.6) is 0 Å². The number of pyridine rings is 1. The lowest BCUT2D eigenvalue weighted by atomic mass is 10.00. The lowest BCUT2D eigenvalue weighted by Gasteiger charge is -2.18. The number of alkyl halides is 1. The first kappa shape index (κ1) is 14.4. The van der Waals surface area contributed by atoms with Crippen molar-refractivity contribution < 1.29 is 20.1 Å². The lowest BCUT2D eigenvalue weighted by Crippen LogP contribution is -2.21. The largest absolute Gasteiger partial charge is 0.478 e. The Morgan fingerprint density at radius 2 is 2.18 bits per heavy atom. The Hall–Kier alpha value is -0.690. The van der Waals surface area contributed by atoms with Crippen molar-refractivity contribution in [2.24, 2.45) is 0 Å². The van der Waals surface area contributed by atoms with E-state index in [1.807, 2.05) is 0 Å². The summed E-state index contributed by atoms with van der Waals surface area (Å²) in [5.74, 6) is -1.23. The van der Waals surface area contributed by atoms with Crippen molar-refractivity contribution in [1.29, 1.82) is 0 Å². The van der Waals surface area contributed by atoms with Crippen LogP contribution in [0.4, 0.5) is 0 Å². The highest BCUT2D eigenvalue weighted by Gasteiger charge is 2.24. The second-order valence-electron chi connectivity index (χ2n) is 3.39. The molecule has 0 radical (unpaired) electrons. The van der Waals surface area contributed by atoms with Crippen LogP contribution in [0.3, 0.4) is 0 Å². The van der Waals surface area contributed by atoms with E-state index in [4.69, 9.17) is 16.7 Å². The van der Waals surface area contributed by atoms with Gasteiger partial charge in [0.15, 0.2) is 0 Å². The smallest absolute Gasteiger partial charge is 0.336 e. The molecule has 1 aromatic heterocycles. The van der Waals surface area contributed by atoms with Crippen LogP contribution in [0.15, 0.2) is 12.3 Å². The Morgan fingerprint density at radius 1 is 1.53 bits per heavy atom. The molecule has 0 saturated heterocycles. The standard InChI is InChI=1S/C10H11BrClNO4/c11-2-1-7(14)9(15)6-4-13-8(12)3-5(6)10(16)17/h3-4,7,9,14-15H,1-2H2,(H,16,17). The Balaban J connectivity index is 3.08. The molecule has 7 heteroatoms. The van der Waals surface area contributed by atoms with E-state index in [9.17, 15) is 15.0 Å². The van der Waals surface area contributed by atoms with Gasteiger partial charge < -0.3 is 15.3 Å². The average Bonchev–Trinajstić information content (AvgIpc) is 2.28. The van der Waals surface area contributed by atoms with E-state index in [-0.39, 0.29) is 16.3 Å². The van der Waals surface area contributed by atoms with Crippen molar-refractivity contribution in [1.82, 2.24) is 4.98 Å². The number of aliphatic hydroxyl groups excluding tert-OH is 2. The van der Waals surface area contributed by atoms with Gasteiger partial charge in [0.2, 0.25) is 0 Å². The topological polar surface area (TPSA) is 90.7 Å². The number of hydrogen-bond donors (Lipinski definition) is 3. The highest BCUT2D eigenvalue weighted by atomic mass is 79.9. The SMILES string of the molecule is O=C(O)c1cc(Cl)ncc1C(O)C(O)CCBr. The Bertz CT molecular complexity index is 415. The van der Waals surface area contributed by atoms with E-state index in [1.165, 1.54) is 0 Å². The monoisotopic (exact) mass is 323 g/mol. The Morgan fingerprint density at radius 3 is 2.71 bits per heavy atom. The van der Waals surface area contributed by atoms with Gasteiger partial charge in [0.25, 0.3) is 0 Å². The van der Waals surface area contributed by atoms with Crippen LogP contribution in [0.25, 0.3) is 0 Å². The van der Waals surface area contributed by atoms with E-state index in [2.05, 4.69) is 20.9 Å². The van der Waals surface area contributed by atoms with E-state index in [0.717, 1.165) is 12.3 Å². The van der Waals surface area contributed by atoms with Crippen molar-refractivity contribution in [2.45, 2.75) is 18.6 Å². The highest BCUT2D eigenvalue weighted by molar-refractivity contribution is 9.09. The number of aromatic nitrogens is 1. The fraction of sp³-hybridized carbons (Fsp3) is 0.400. The molecule has 0 aliphatic carbocycles. The van der Waals surface area contributed by atoms with E-state index in [0.29, 0.717) is 11.8 Å². The van der Waals surface area contributed by atoms with Crippen LogP contribution in [0.1, 0.15) is 28.4 Å². The first-order chi connectivity index (χ1) is 7.97. The molecule has 0 fully saturated rings. The van der Waals surface area contributed by atoms with Gasteiger partial charge in [-0.25, -0.2) is 9.78 Å². The normalized spacial score (nSPS) is 14.4. The summed E-state index contributed by atoms with van der Waals surface area (Å²) in [4.78, 5) is 14.7. The quantitative estimate of drug-likeness (QED) is 0.565. The summed E-state index contributed by atoms with van der Waals surface area (Å²) in [5, 5.41) is 28.9. The van der Waals surface area contributed by atoms with Crippen LogP contribution >= 0.6 is 27.5 Å². The molecule has 1 heterocycles. The molecule has 0 bridgehead atoms. The summed E-state index contributed by atoms with van der Waals surface area (Å²) < 4.78 is 0. The zero-order valence-electron chi connectivity index (χ0n) is 8.68. The summed E-state index contributed by atoms with van der Waals surface area (Å²) in [6.07, 6.45) is -0.907. The third-order valence-electron chi connectivity index (χ3n) is 2.22. The van der Waals surface area contributed by atoms with Crippen molar-refractivity contribution >= 4 is 33.5 Å². The number of rotatable bonds is 5. The number of carboxylic acid groups (broad SMARTS) is 1. The summed E-state index contributed by atoms with van der Waals surface area (Å²) in [7, 11) is 0. The number of nitrogens with zero attached hydrogens (tertiary/aromatic N) is 1. The number of halogens is 2. The summed E-state index contributed by atoms with van der Waals surface area (Å²) in [6.45, 7) is 0. The van der Waals surface area contributed by atoms with Gasteiger partial charge in [-0.1, -0.05) is 27.5 Å². The van der Waals surface area contributed by atoms with Crippen molar-refractivity contribution in [3.63, 3.8) is 0 Å². The minimum atomic E-state index is -1.30. The van der Waals surface area contributed by atoms with Crippen molar-refractivity contribution in [3.05, 3.63) is 28.5 Å². The number of aromatic carboxylic acids is 1. The zero-order chi connectivity index (χ0) is 13.0. The maximum Gasteiger partial charge on any atom is 0.336 e. The fourth-order valence-corrected chi connectivity index (χ4v) is 1.97. The van der Waals surface area contributed by atoms with E-state index >= 15 is 0 Å². The third kappa shape index (κ3) is 3.64. The number of aliphatic hydroxyl groups is 2. The third-order valence-corrected chi connectivity index (χ3v) is 2.88. The lowest BCUT2D eigenvalue weighted by molar-refractivity contribution is 0.0161. The molecule has 2 unspecified atom stereocenters. The average molecular weight is 325 g/mol. The minimum Gasteiger partial charge on any atom is -0.478 e. The van der Waals surface area contributed by atoms with Crippen molar-refractivity contribution in [3.8, 4) is 0 Å². The molecule has 2 atom stereocenters. The van der Waals surface area contributed by atoms with Crippen molar-refractivity contribution in [2.75, 3.05) is 5.33 Å². The number of carboxylic acids is 1. The molecule has 0 aliphatic heterocycles. The first-order valence-corrected chi connectivity index (χ1v) is 6.28. The van der Waals surface area contributed by atoms with Crippen LogP contribution in [0, 0.1) is 0 Å². The van der Waals surface area contributed by atoms with Gasteiger partial charge in [0.1, 0.15) is 11.3 Å². The molecule has 17 heavy (non-hydrogen) atoms. The number of carbonyl (C=O) groups is 1. The molecule has 0 aromatic carbocycles. The summed E-state index contributed by atoms with van der Waals surface area (Å²) >= 11 is 8.71. The Kier molecular flexibility index (Phi) is 5.32. The van der Waals surface area contributed by atoms with Crippen LogP contribution in [-0.2, 0) is 0 Å². The molecule has 0 saturated carbocycles. The first-order valence-electron chi connectivity index (χ1n) is 4.78. The van der Waals surface area contributed by atoms with E-state index in [1.54, 1.807) is 0 Å². The molecule has 1 aromatic rings. The predicted octanol–water partition coefficient (Wildman–Crippen LogP) is 1.61. The molecule has 94 valence electrons. The van der Waals surface area contributed by atoms with E-state index < -0.39 is 18.2 Å². The van der Waals surface area contributed by atoms with Gasteiger partial charge in [-0.2, -0.15) is 0 Å². The molecule has 0 amide bonds. The van der Waals surface area contributed by atoms with Gasteiger partial charge in [0.05, 0.1) is 11.7 Å². The Labute approximate surface area is 111 Å². The van der Waals surface area contributed by atoms with Crippen LogP contribution in [0.2, 0.25) is 5.15 Å². The molecule has 5 nitrogen and oxygen atoms in total. The van der Waals surface area contributed by atoms with Gasteiger partial charge in [-0.15, -0.1) is 0 Å². The van der Waals surface area contributed by atoms with Gasteiger partial charge in [0, 0.05) is 17.1 Å². The zero-order valence-corrected chi connectivity index (χ0v) is 11.0. The molecule has 1 rings (SSSR count). The maximum absolute atomic E-state index is 11.0. The molecule has 3 N–H and O–H groups in total. The number of hydrogen-bond acceptors (Lipinski definition) is 4. The second-order valence-corrected chi connectivity index (χ2v) is 4.57. The molecular weight excluding hydrogens is 313 g/mol. The maximum atomic E-state index is 11.0.